The van der Waals surface area contributed by atoms with Gasteiger partial charge in [-0.15, -0.1) is 0 Å². The highest BCUT2D eigenvalue weighted by Crippen LogP contribution is 2.42. The van der Waals surface area contributed by atoms with Crippen LogP contribution in [0.25, 0.3) is 0 Å². The van der Waals surface area contributed by atoms with E-state index in [1.807, 2.05) is 103 Å². The van der Waals surface area contributed by atoms with Gasteiger partial charge in [0.15, 0.2) is 11.6 Å². The quantitative estimate of drug-likeness (QED) is 0.160. The molecule has 5 rings (SSSR count). The number of rotatable bonds is 12. The highest BCUT2D eigenvalue weighted by atomic mass is 79.9. The maximum Gasteiger partial charge on any atom is 0.252 e. The van der Waals surface area contributed by atoms with E-state index in [1.54, 1.807) is 0 Å². The Labute approximate surface area is 263 Å². The number of nitrogens with one attached hydrogen (secondary N) is 1. The summed E-state index contributed by atoms with van der Waals surface area (Å²) in [5.41, 5.74) is 2.50. The van der Waals surface area contributed by atoms with E-state index in [0.717, 1.165) is 31.2 Å². The van der Waals surface area contributed by atoms with Crippen molar-refractivity contribution < 1.29 is 19.4 Å². The van der Waals surface area contributed by atoms with Crippen LogP contribution in [-0.4, -0.2) is 42.2 Å². The zero-order chi connectivity index (χ0) is 29.4. The summed E-state index contributed by atoms with van der Waals surface area (Å²) >= 11 is 7.01. The Bertz CT molecular complexity index is 1490. The molecular weight excluding hydrogens is 660 g/mol. The molecule has 1 heterocycles. The van der Waals surface area contributed by atoms with Crippen LogP contribution in [0.15, 0.2) is 117 Å². The smallest absolute Gasteiger partial charge is 0.252 e. The molecule has 0 aliphatic carbocycles. The second-order valence-electron chi connectivity index (χ2n) is 10.1. The molecule has 1 amide bonds. The van der Waals surface area contributed by atoms with Gasteiger partial charge in [-0.25, -0.2) is 4.99 Å². The molecule has 216 valence electrons. The molecule has 6 nitrogen and oxygen atoms in total. The number of aliphatic hydroxyl groups excluding tert-OH is 1. The Morgan fingerprint density at radius 1 is 0.881 bits per heavy atom. The van der Waals surface area contributed by atoms with Crippen molar-refractivity contribution in [1.82, 2.24) is 5.32 Å². The number of hydrogen-bond donors (Lipinski definition) is 2. The molecule has 0 saturated heterocycles. The minimum absolute atomic E-state index is 0.0782. The molecule has 2 N–H and O–H groups in total. The van der Waals surface area contributed by atoms with E-state index >= 15 is 0 Å². The van der Waals surface area contributed by atoms with Gasteiger partial charge < -0.3 is 19.9 Å². The number of carbonyl (C=O) groups is 1. The number of amides is 1. The number of carbonyl (C=O) groups excluding carboxylic acids is 1. The normalized spacial score (nSPS) is 17.8. The first kappa shape index (κ1) is 30.0. The van der Waals surface area contributed by atoms with Crippen LogP contribution in [0.3, 0.4) is 0 Å². The SMILES string of the molecule is O=C(NCCc1ccc(Br)cc1)[C@]1(Cc2ccccc2)N=C(c2ccc(OCCCO)cc2)O[C@@H]1c1ccc(Br)cc1. The van der Waals surface area contributed by atoms with Crippen LogP contribution in [0.1, 0.15) is 34.8 Å². The minimum Gasteiger partial charge on any atom is -0.494 e. The Hall–Kier alpha value is -3.46. The van der Waals surface area contributed by atoms with Gasteiger partial charge in [-0.3, -0.25) is 4.79 Å². The molecule has 1 aliphatic heterocycles. The predicted octanol–water partition coefficient (Wildman–Crippen LogP) is 6.83. The van der Waals surface area contributed by atoms with Crippen LogP contribution in [0, 0.1) is 0 Å². The van der Waals surface area contributed by atoms with Crippen LogP contribution in [0.4, 0.5) is 0 Å². The molecule has 0 fully saturated rings. The molecule has 4 aromatic carbocycles. The first-order valence-electron chi connectivity index (χ1n) is 13.9. The fourth-order valence-corrected chi connectivity index (χ4v) is 5.48. The number of aliphatic imine (C=N–C) groups is 1. The molecule has 2 atom stereocenters. The maximum atomic E-state index is 14.3. The molecule has 0 saturated carbocycles. The lowest BCUT2D eigenvalue weighted by Gasteiger charge is -2.31. The number of benzene rings is 4. The van der Waals surface area contributed by atoms with Gasteiger partial charge >= 0.3 is 0 Å². The Morgan fingerprint density at radius 2 is 1.55 bits per heavy atom. The van der Waals surface area contributed by atoms with Crippen LogP contribution in [0.2, 0.25) is 0 Å². The van der Waals surface area contributed by atoms with Crippen molar-refractivity contribution in [3.63, 3.8) is 0 Å². The molecule has 0 bridgehead atoms. The highest BCUT2D eigenvalue weighted by Gasteiger charge is 2.53. The van der Waals surface area contributed by atoms with Crippen molar-refractivity contribution in [3.8, 4) is 5.75 Å². The number of halogens is 2. The fourth-order valence-electron chi connectivity index (χ4n) is 4.95. The Kier molecular flexibility index (Phi) is 10.1. The number of nitrogens with zero attached hydrogens (tertiary/aromatic N) is 1. The van der Waals surface area contributed by atoms with Gasteiger partial charge in [-0.2, -0.15) is 0 Å². The summed E-state index contributed by atoms with van der Waals surface area (Å²) in [6.45, 7) is 0.975. The second-order valence-corrected chi connectivity index (χ2v) is 12.0. The molecular formula is C34H32Br2N2O4. The third-order valence-corrected chi connectivity index (χ3v) is 8.19. The van der Waals surface area contributed by atoms with Crippen LogP contribution in [-0.2, 0) is 22.4 Å². The Morgan fingerprint density at radius 3 is 2.21 bits per heavy atom. The second kappa shape index (κ2) is 14.1. The molecule has 0 aromatic heterocycles. The van der Waals surface area contributed by atoms with Gasteiger partial charge in [-0.05, 0) is 71.6 Å². The topological polar surface area (TPSA) is 80.2 Å². The largest absolute Gasteiger partial charge is 0.494 e. The van der Waals surface area contributed by atoms with Gasteiger partial charge in [-0.1, -0.05) is 86.5 Å². The number of hydrogen-bond acceptors (Lipinski definition) is 5. The van der Waals surface area contributed by atoms with Gasteiger partial charge in [0.2, 0.25) is 5.90 Å². The van der Waals surface area contributed by atoms with Gasteiger partial charge in [0, 0.05) is 40.5 Å². The van der Waals surface area contributed by atoms with E-state index < -0.39 is 11.6 Å². The zero-order valence-corrected chi connectivity index (χ0v) is 26.2. The zero-order valence-electron chi connectivity index (χ0n) is 23.0. The van der Waals surface area contributed by atoms with Crippen molar-refractivity contribution in [2.24, 2.45) is 4.99 Å². The van der Waals surface area contributed by atoms with E-state index in [0.29, 0.717) is 44.1 Å². The van der Waals surface area contributed by atoms with Crippen molar-refractivity contribution in [3.05, 3.63) is 134 Å². The standard InChI is InChI=1S/C34H32Br2N2O4/c35-28-13-7-24(8-14-28)19-20-37-33(40)34(23-25-5-2-1-3-6-25)31(26-9-15-29(36)16-10-26)42-32(38-34)27-11-17-30(18-12-27)41-22-4-21-39/h1-3,5-18,31,39H,4,19-23H2,(H,37,40)/t31-,34-/m1/s1. The molecule has 8 heteroatoms. The third-order valence-electron chi connectivity index (χ3n) is 7.13. The summed E-state index contributed by atoms with van der Waals surface area (Å²) in [6.07, 6.45) is 0.975. The van der Waals surface area contributed by atoms with Crippen molar-refractivity contribution in [2.45, 2.75) is 30.9 Å². The fraction of sp³-hybridized carbons (Fsp3) is 0.235. The summed E-state index contributed by atoms with van der Waals surface area (Å²) in [4.78, 5) is 19.4. The van der Waals surface area contributed by atoms with E-state index in [9.17, 15) is 4.79 Å². The summed E-state index contributed by atoms with van der Waals surface area (Å²) in [5, 5.41) is 12.2. The lowest BCUT2D eigenvalue weighted by Crippen LogP contribution is -2.50. The summed E-state index contributed by atoms with van der Waals surface area (Å²) in [6, 6.07) is 33.4. The lowest BCUT2D eigenvalue weighted by molar-refractivity contribution is -0.128. The van der Waals surface area contributed by atoms with E-state index in [2.05, 4.69) is 37.2 Å². The summed E-state index contributed by atoms with van der Waals surface area (Å²) in [5.74, 6) is 0.913. The average Bonchev–Trinajstić information content (AvgIpc) is 3.40. The molecule has 0 unspecified atom stereocenters. The van der Waals surface area contributed by atoms with Gasteiger partial charge in [0.05, 0.1) is 6.61 Å². The van der Waals surface area contributed by atoms with Crippen LogP contribution in [0.5, 0.6) is 5.75 Å². The molecule has 1 aliphatic rings. The van der Waals surface area contributed by atoms with Crippen LogP contribution < -0.4 is 10.1 Å². The first-order valence-corrected chi connectivity index (χ1v) is 15.5. The molecule has 0 spiro atoms. The number of ether oxygens (including phenoxy) is 2. The van der Waals surface area contributed by atoms with Crippen molar-refractivity contribution in [1.29, 1.82) is 0 Å². The average molecular weight is 692 g/mol. The summed E-state index contributed by atoms with van der Waals surface area (Å²) in [7, 11) is 0. The monoisotopic (exact) mass is 690 g/mol. The van der Waals surface area contributed by atoms with Crippen molar-refractivity contribution in [2.75, 3.05) is 19.8 Å². The third kappa shape index (κ3) is 7.30. The highest BCUT2D eigenvalue weighted by molar-refractivity contribution is 9.10. The summed E-state index contributed by atoms with van der Waals surface area (Å²) < 4.78 is 14.3. The van der Waals surface area contributed by atoms with Crippen molar-refractivity contribution >= 4 is 43.7 Å². The van der Waals surface area contributed by atoms with Gasteiger partial charge in [0.1, 0.15) is 5.75 Å². The van der Waals surface area contributed by atoms with E-state index in [-0.39, 0.29) is 12.5 Å². The van der Waals surface area contributed by atoms with Gasteiger partial charge in [0.25, 0.3) is 5.91 Å². The maximum absolute atomic E-state index is 14.3. The van der Waals surface area contributed by atoms with E-state index in [4.69, 9.17) is 19.6 Å². The molecule has 4 aromatic rings. The molecule has 42 heavy (non-hydrogen) atoms. The van der Waals surface area contributed by atoms with Crippen LogP contribution >= 0.6 is 31.9 Å². The minimum atomic E-state index is -1.24. The first-order chi connectivity index (χ1) is 20.5. The predicted molar refractivity (Wildman–Crippen MR) is 172 cm³/mol. The van der Waals surface area contributed by atoms with E-state index in [1.165, 1.54) is 0 Å². The Balaban J connectivity index is 1.49. The lowest BCUT2D eigenvalue weighted by atomic mass is 9.82. The molecule has 0 radical (unpaired) electrons. The number of aliphatic hydroxyl groups is 1.